The molecular formula is C15H21ClN4. The molecule has 0 bridgehead atoms. The second-order valence-corrected chi connectivity index (χ2v) is 6.53. The highest BCUT2D eigenvalue weighted by atomic mass is 35.5. The highest BCUT2D eigenvalue weighted by molar-refractivity contribution is 6.31. The first-order chi connectivity index (χ1) is 9.58. The molecule has 20 heavy (non-hydrogen) atoms. The smallest absolute Gasteiger partial charge is 0.202 e. The van der Waals surface area contributed by atoms with Crippen LogP contribution in [0.3, 0.4) is 0 Å². The normalized spacial score (nSPS) is 23.6. The van der Waals surface area contributed by atoms with Gasteiger partial charge in [0.15, 0.2) is 5.65 Å². The summed E-state index contributed by atoms with van der Waals surface area (Å²) in [6, 6.07) is 2.24. The van der Waals surface area contributed by atoms with E-state index >= 15 is 0 Å². The minimum Gasteiger partial charge on any atom is -0.369 e. The van der Waals surface area contributed by atoms with Gasteiger partial charge in [-0.25, -0.2) is 9.97 Å². The number of nitrogens with two attached hydrogens (primary N) is 1. The van der Waals surface area contributed by atoms with Crippen molar-refractivity contribution in [2.75, 3.05) is 5.73 Å². The molecular weight excluding hydrogens is 272 g/mol. The zero-order chi connectivity index (χ0) is 14.3. The van der Waals surface area contributed by atoms with Gasteiger partial charge >= 0.3 is 0 Å². The van der Waals surface area contributed by atoms with E-state index in [2.05, 4.69) is 28.4 Å². The summed E-state index contributed by atoms with van der Waals surface area (Å²) >= 11 is 5.99. The molecule has 3 rings (SSSR count). The molecule has 108 valence electrons. The van der Waals surface area contributed by atoms with Gasteiger partial charge in [0.1, 0.15) is 5.52 Å². The molecule has 0 amide bonds. The Hall–Kier alpha value is -1.29. The topological polar surface area (TPSA) is 56.7 Å². The van der Waals surface area contributed by atoms with Gasteiger partial charge in [-0.15, -0.1) is 0 Å². The molecule has 2 aromatic rings. The number of rotatable bonds is 2. The standard InChI is InChI=1S/C15H21ClN4/c1-9(2)11-5-3-4-6-13(11)20-14-12(19-15(20)17)7-10(16)8-18-14/h7-9,11,13H,3-6H2,1-2H3,(H2,17,19). The van der Waals surface area contributed by atoms with E-state index in [-0.39, 0.29) is 0 Å². The fourth-order valence-electron chi connectivity index (χ4n) is 3.54. The third-order valence-electron chi connectivity index (χ3n) is 4.49. The molecule has 4 nitrogen and oxygen atoms in total. The Morgan fingerprint density at radius 3 is 2.85 bits per heavy atom. The van der Waals surface area contributed by atoms with Gasteiger partial charge in [-0.2, -0.15) is 0 Å². The van der Waals surface area contributed by atoms with Crippen molar-refractivity contribution in [3.05, 3.63) is 17.3 Å². The first-order valence-electron chi connectivity index (χ1n) is 7.37. The van der Waals surface area contributed by atoms with Gasteiger partial charge in [-0.3, -0.25) is 4.57 Å². The number of hydrogen-bond donors (Lipinski definition) is 1. The van der Waals surface area contributed by atoms with Crippen LogP contribution in [0.1, 0.15) is 45.6 Å². The molecule has 2 aromatic heterocycles. The average molecular weight is 293 g/mol. The Balaban J connectivity index is 2.10. The number of imidazole rings is 1. The number of halogens is 1. The van der Waals surface area contributed by atoms with Gasteiger partial charge < -0.3 is 5.73 Å². The van der Waals surface area contributed by atoms with Gasteiger partial charge in [-0.05, 0) is 30.7 Å². The molecule has 2 atom stereocenters. The van der Waals surface area contributed by atoms with Gasteiger partial charge in [0.2, 0.25) is 5.95 Å². The quantitative estimate of drug-likeness (QED) is 0.908. The van der Waals surface area contributed by atoms with Gasteiger partial charge in [-0.1, -0.05) is 38.3 Å². The van der Waals surface area contributed by atoms with Crippen LogP contribution in [0.2, 0.25) is 5.02 Å². The summed E-state index contributed by atoms with van der Waals surface area (Å²) in [7, 11) is 0. The Labute approximate surface area is 124 Å². The van der Waals surface area contributed by atoms with Crippen LogP contribution in [0, 0.1) is 11.8 Å². The zero-order valence-corrected chi connectivity index (χ0v) is 12.8. The van der Waals surface area contributed by atoms with Gasteiger partial charge in [0.25, 0.3) is 0 Å². The third kappa shape index (κ3) is 2.26. The SMILES string of the molecule is CC(C)C1CCCCC1n1c(N)nc2cc(Cl)cnc21. The zero-order valence-electron chi connectivity index (χ0n) is 12.0. The van der Waals surface area contributed by atoms with E-state index in [1.807, 2.05) is 6.07 Å². The van der Waals surface area contributed by atoms with Gasteiger partial charge in [0, 0.05) is 12.2 Å². The molecule has 2 unspecified atom stereocenters. The van der Waals surface area contributed by atoms with Crippen LogP contribution < -0.4 is 5.73 Å². The maximum absolute atomic E-state index is 6.17. The van der Waals surface area contributed by atoms with E-state index in [1.54, 1.807) is 6.20 Å². The van der Waals surface area contributed by atoms with Gasteiger partial charge in [0.05, 0.1) is 5.02 Å². The molecule has 1 saturated carbocycles. The molecule has 1 fully saturated rings. The van der Waals surface area contributed by atoms with Crippen LogP contribution in [0.4, 0.5) is 5.95 Å². The molecule has 1 aliphatic rings. The van der Waals surface area contributed by atoms with Crippen molar-refractivity contribution in [1.29, 1.82) is 0 Å². The van der Waals surface area contributed by atoms with Crippen molar-refractivity contribution < 1.29 is 0 Å². The van der Waals surface area contributed by atoms with E-state index in [0.717, 1.165) is 17.6 Å². The monoisotopic (exact) mass is 292 g/mol. The van der Waals surface area contributed by atoms with Crippen molar-refractivity contribution in [2.24, 2.45) is 11.8 Å². The van der Waals surface area contributed by atoms with Crippen LogP contribution in [-0.2, 0) is 0 Å². The van der Waals surface area contributed by atoms with E-state index < -0.39 is 0 Å². The predicted octanol–water partition coefficient (Wildman–Crippen LogP) is 4.05. The number of fused-ring (bicyclic) bond motifs is 1. The number of pyridine rings is 1. The van der Waals surface area contributed by atoms with E-state index in [4.69, 9.17) is 17.3 Å². The van der Waals surface area contributed by atoms with E-state index in [0.29, 0.717) is 28.8 Å². The second kappa shape index (κ2) is 5.24. The Bertz CT molecular complexity index is 620. The fourth-order valence-corrected chi connectivity index (χ4v) is 3.69. The summed E-state index contributed by atoms with van der Waals surface area (Å²) in [6.07, 6.45) is 6.65. The molecule has 0 radical (unpaired) electrons. The molecule has 2 heterocycles. The highest BCUT2D eigenvalue weighted by Crippen LogP contribution is 2.41. The van der Waals surface area contributed by atoms with Crippen LogP contribution >= 0.6 is 11.6 Å². The minimum atomic E-state index is 0.405. The minimum absolute atomic E-state index is 0.405. The van der Waals surface area contributed by atoms with Crippen molar-refractivity contribution in [3.8, 4) is 0 Å². The average Bonchev–Trinajstić information content (AvgIpc) is 2.73. The number of nitrogens with zero attached hydrogens (tertiary/aromatic N) is 3. The number of anilines is 1. The summed E-state index contributed by atoms with van der Waals surface area (Å²) in [6.45, 7) is 4.59. The van der Waals surface area contributed by atoms with E-state index in [9.17, 15) is 0 Å². The molecule has 0 saturated heterocycles. The maximum atomic E-state index is 6.17. The summed E-state index contributed by atoms with van der Waals surface area (Å²) < 4.78 is 2.13. The lowest BCUT2D eigenvalue weighted by molar-refractivity contribution is 0.189. The summed E-state index contributed by atoms with van der Waals surface area (Å²) in [4.78, 5) is 8.90. The molecule has 2 N–H and O–H groups in total. The number of nitrogen functional groups attached to an aromatic ring is 1. The van der Waals surface area contributed by atoms with Crippen LogP contribution in [0.15, 0.2) is 12.3 Å². The summed E-state index contributed by atoms with van der Waals surface area (Å²) in [5, 5.41) is 0.603. The predicted molar refractivity (Wildman–Crippen MR) is 82.8 cm³/mol. The molecule has 0 aliphatic heterocycles. The third-order valence-corrected chi connectivity index (χ3v) is 4.70. The van der Waals surface area contributed by atoms with Crippen molar-refractivity contribution >= 4 is 28.7 Å². The molecule has 0 aromatic carbocycles. The lowest BCUT2D eigenvalue weighted by Crippen LogP contribution is -2.28. The Kier molecular flexibility index (Phi) is 3.59. The Morgan fingerprint density at radius 2 is 2.10 bits per heavy atom. The van der Waals surface area contributed by atoms with Crippen LogP contribution in [0.25, 0.3) is 11.2 Å². The van der Waals surface area contributed by atoms with Crippen molar-refractivity contribution in [1.82, 2.24) is 14.5 Å². The lowest BCUT2D eigenvalue weighted by Gasteiger charge is -2.35. The molecule has 1 aliphatic carbocycles. The molecule has 5 heteroatoms. The summed E-state index contributed by atoms with van der Waals surface area (Å²) in [5.41, 5.74) is 7.83. The number of aromatic nitrogens is 3. The van der Waals surface area contributed by atoms with Crippen LogP contribution in [-0.4, -0.2) is 14.5 Å². The largest absolute Gasteiger partial charge is 0.369 e. The van der Waals surface area contributed by atoms with Crippen LogP contribution in [0.5, 0.6) is 0 Å². The lowest BCUT2D eigenvalue weighted by atomic mass is 9.77. The fraction of sp³-hybridized carbons (Fsp3) is 0.600. The molecule has 0 spiro atoms. The van der Waals surface area contributed by atoms with Crippen molar-refractivity contribution in [2.45, 2.75) is 45.6 Å². The Morgan fingerprint density at radius 1 is 1.35 bits per heavy atom. The first kappa shape index (κ1) is 13.7. The highest BCUT2D eigenvalue weighted by Gasteiger charge is 2.31. The van der Waals surface area contributed by atoms with E-state index in [1.165, 1.54) is 19.3 Å². The summed E-state index contributed by atoms with van der Waals surface area (Å²) in [5.74, 6) is 1.85. The number of hydrogen-bond acceptors (Lipinski definition) is 3. The maximum Gasteiger partial charge on any atom is 0.202 e. The first-order valence-corrected chi connectivity index (χ1v) is 7.74. The van der Waals surface area contributed by atoms with Crippen molar-refractivity contribution in [3.63, 3.8) is 0 Å². The second-order valence-electron chi connectivity index (χ2n) is 6.10.